The number of aromatic amines is 1. The predicted octanol–water partition coefficient (Wildman–Crippen LogP) is 2.62. The number of nitrogens with two attached hydrogens (primary N) is 1. The van der Waals surface area contributed by atoms with E-state index in [1.807, 2.05) is 18.2 Å². The van der Waals surface area contributed by atoms with Gasteiger partial charge in [-0.2, -0.15) is 15.4 Å². The topological polar surface area (TPSA) is 96.7 Å². The van der Waals surface area contributed by atoms with Crippen molar-refractivity contribution < 1.29 is 4.79 Å². The van der Waals surface area contributed by atoms with Gasteiger partial charge in [-0.3, -0.25) is 4.79 Å². The molecular weight excluding hydrogens is 302 g/mol. The Labute approximate surface area is 135 Å². The van der Waals surface area contributed by atoms with Gasteiger partial charge in [0.2, 0.25) is 5.91 Å². The molecule has 1 aliphatic carbocycles. The Kier molecular flexibility index (Phi) is 5.37. The lowest BCUT2D eigenvalue weighted by Gasteiger charge is -2.35. The molecule has 1 aromatic heterocycles. The smallest absolute Gasteiger partial charge is 0.224 e. The first-order valence-corrected chi connectivity index (χ1v) is 7.51. The first-order valence-electron chi connectivity index (χ1n) is 7.51. The van der Waals surface area contributed by atoms with Crippen molar-refractivity contribution in [1.29, 1.82) is 0 Å². The fraction of sp³-hybridized carbons (Fsp3) is 0.533. The van der Waals surface area contributed by atoms with Crippen molar-refractivity contribution >= 4 is 35.0 Å². The average molecular weight is 324 g/mol. The van der Waals surface area contributed by atoms with Crippen LogP contribution in [0.2, 0.25) is 0 Å². The minimum Gasteiger partial charge on any atom is -0.330 e. The molecule has 1 saturated carbocycles. The number of H-pyrrole nitrogens is 1. The number of carbonyl (C=O) groups excluding carboxylic acids is 1. The molecule has 1 aliphatic rings. The van der Waals surface area contributed by atoms with E-state index in [4.69, 9.17) is 5.73 Å². The summed E-state index contributed by atoms with van der Waals surface area (Å²) in [4.78, 5) is 12.3. The molecule has 1 amide bonds. The SMILES string of the molecule is Cl.NCC1(CC(=O)Nc2ccc3n[nH]nc3c2)CCCCC1. The number of nitrogens with one attached hydrogen (secondary N) is 2. The number of amides is 1. The van der Waals surface area contributed by atoms with E-state index in [1.54, 1.807) is 0 Å². The van der Waals surface area contributed by atoms with Gasteiger partial charge in [-0.15, -0.1) is 12.4 Å². The molecule has 3 rings (SSSR count). The zero-order chi connectivity index (χ0) is 14.7. The van der Waals surface area contributed by atoms with Gasteiger partial charge in [-0.25, -0.2) is 0 Å². The second-order valence-corrected chi connectivity index (χ2v) is 6.02. The maximum atomic E-state index is 12.3. The van der Waals surface area contributed by atoms with E-state index in [9.17, 15) is 4.79 Å². The third kappa shape index (κ3) is 3.56. The monoisotopic (exact) mass is 323 g/mol. The summed E-state index contributed by atoms with van der Waals surface area (Å²) in [5, 5.41) is 13.5. The molecule has 0 radical (unpaired) electrons. The van der Waals surface area contributed by atoms with Crippen molar-refractivity contribution in [2.45, 2.75) is 38.5 Å². The average Bonchev–Trinajstić information content (AvgIpc) is 2.95. The van der Waals surface area contributed by atoms with Crippen LogP contribution in [0.3, 0.4) is 0 Å². The fourth-order valence-electron chi connectivity index (χ4n) is 3.22. The summed E-state index contributed by atoms with van der Waals surface area (Å²) in [6, 6.07) is 5.51. The summed E-state index contributed by atoms with van der Waals surface area (Å²) in [6.07, 6.45) is 6.22. The standard InChI is InChI=1S/C15H21N5O.ClH/c16-10-15(6-2-1-3-7-15)9-14(21)17-11-4-5-12-13(8-11)19-20-18-12;/h4-5,8H,1-3,6-7,9-10,16H2,(H,17,21)(H,18,19,20);1H. The van der Waals surface area contributed by atoms with Crippen molar-refractivity contribution in [2.75, 3.05) is 11.9 Å². The summed E-state index contributed by atoms with van der Waals surface area (Å²) < 4.78 is 0. The van der Waals surface area contributed by atoms with E-state index in [0.717, 1.165) is 29.6 Å². The van der Waals surface area contributed by atoms with Gasteiger partial charge in [0.15, 0.2) is 0 Å². The first kappa shape index (κ1) is 16.7. The Morgan fingerprint density at radius 1 is 1.23 bits per heavy atom. The molecule has 6 nitrogen and oxygen atoms in total. The van der Waals surface area contributed by atoms with Crippen molar-refractivity contribution in [3.05, 3.63) is 18.2 Å². The zero-order valence-electron chi connectivity index (χ0n) is 12.5. The van der Waals surface area contributed by atoms with Crippen LogP contribution in [0.4, 0.5) is 5.69 Å². The number of hydrogen-bond donors (Lipinski definition) is 3. The molecule has 0 spiro atoms. The molecule has 0 unspecified atom stereocenters. The van der Waals surface area contributed by atoms with Gasteiger partial charge in [-0.1, -0.05) is 19.3 Å². The van der Waals surface area contributed by atoms with Gasteiger partial charge in [0.25, 0.3) is 0 Å². The van der Waals surface area contributed by atoms with E-state index in [1.165, 1.54) is 19.3 Å². The number of hydrogen-bond acceptors (Lipinski definition) is 4. The van der Waals surface area contributed by atoms with Gasteiger partial charge in [0.1, 0.15) is 11.0 Å². The van der Waals surface area contributed by atoms with Gasteiger partial charge < -0.3 is 11.1 Å². The van der Waals surface area contributed by atoms with Crippen LogP contribution >= 0.6 is 12.4 Å². The Balaban J connectivity index is 0.00000176. The van der Waals surface area contributed by atoms with Crippen LogP contribution in [-0.2, 0) is 4.79 Å². The van der Waals surface area contributed by atoms with Crippen molar-refractivity contribution in [3.63, 3.8) is 0 Å². The highest BCUT2D eigenvalue weighted by Gasteiger charge is 2.32. The van der Waals surface area contributed by atoms with Crippen LogP contribution in [-0.4, -0.2) is 27.9 Å². The normalized spacial score (nSPS) is 17.0. The molecule has 1 fully saturated rings. The number of nitrogens with zero attached hydrogens (tertiary/aromatic N) is 2. The van der Waals surface area contributed by atoms with E-state index in [0.29, 0.717) is 13.0 Å². The van der Waals surface area contributed by atoms with Gasteiger partial charge in [-0.05, 0) is 43.0 Å². The predicted molar refractivity (Wildman–Crippen MR) is 89.0 cm³/mol. The number of rotatable bonds is 4. The minimum absolute atomic E-state index is 0. The van der Waals surface area contributed by atoms with Crippen molar-refractivity contribution in [2.24, 2.45) is 11.1 Å². The Hall–Kier alpha value is -1.66. The molecule has 0 atom stereocenters. The van der Waals surface area contributed by atoms with Gasteiger partial charge in [0.05, 0.1) is 0 Å². The summed E-state index contributed by atoms with van der Waals surface area (Å²) >= 11 is 0. The minimum atomic E-state index is -0.0136. The third-order valence-electron chi connectivity index (χ3n) is 4.48. The quantitative estimate of drug-likeness (QED) is 0.805. The van der Waals surface area contributed by atoms with Crippen molar-refractivity contribution in [3.8, 4) is 0 Å². The van der Waals surface area contributed by atoms with E-state index >= 15 is 0 Å². The lowest BCUT2D eigenvalue weighted by molar-refractivity contribution is -0.118. The molecule has 7 heteroatoms. The molecule has 0 saturated heterocycles. The largest absolute Gasteiger partial charge is 0.330 e. The Morgan fingerprint density at radius 3 is 2.68 bits per heavy atom. The summed E-state index contributed by atoms with van der Waals surface area (Å²) in [5.74, 6) is 0.0326. The molecular formula is C15H22ClN5O. The maximum Gasteiger partial charge on any atom is 0.224 e. The van der Waals surface area contributed by atoms with Crippen LogP contribution < -0.4 is 11.1 Å². The first-order chi connectivity index (χ1) is 10.2. The number of halogens is 1. The van der Waals surface area contributed by atoms with Crippen LogP contribution in [0.5, 0.6) is 0 Å². The molecule has 120 valence electrons. The van der Waals surface area contributed by atoms with E-state index < -0.39 is 0 Å². The van der Waals surface area contributed by atoms with Gasteiger partial charge in [0, 0.05) is 12.1 Å². The Morgan fingerprint density at radius 2 is 1.95 bits per heavy atom. The molecule has 22 heavy (non-hydrogen) atoms. The van der Waals surface area contributed by atoms with Crippen LogP contribution in [0.15, 0.2) is 18.2 Å². The maximum absolute atomic E-state index is 12.3. The van der Waals surface area contributed by atoms with Crippen LogP contribution in [0, 0.1) is 5.41 Å². The number of fused-ring (bicyclic) bond motifs is 1. The summed E-state index contributed by atoms with van der Waals surface area (Å²) in [7, 11) is 0. The van der Waals surface area contributed by atoms with E-state index in [2.05, 4.69) is 20.7 Å². The fourth-order valence-corrected chi connectivity index (χ4v) is 3.22. The molecule has 0 bridgehead atoms. The van der Waals surface area contributed by atoms with Crippen molar-refractivity contribution in [1.82, 2.24) is 15.4 Å². The molecule has 1 heterocycles. The summed E-state index contributed by atoms with van der Waals surface area (Å²) in [6.45, 7) is 0.586. The van der Waals surface area contributed by atoms with E-state index in [-0.39, 0.29) is 23.7 Å². The number of benzene rings is 1. The molecule has 2 aromatic rings. The third-order valence-corrected chi connectivity index (χ3v) is 4.48. The highest BCUT2D eigenvalue weighted by atomic mass is 35.5. The van der Waals surface area contributed by atoms with Gasteiger partial charge >= 0.3 is 0 Å². The highest BCUT2D eigenvalue weighted by molar-refractivity contribution is 5.93. The molecule has 1 aromatic carbocycles. The second kappa shape index (κ2) is 7.07. The molecule has 0 aliphatic heterocycles. The highest BCUT2D eigenvalue weighted by Crippen LogP contribution is 2.38. The number of anilines is 1. The number of carbonyl (C=O) groups is 1. The lowest BCUT2D eigenvalue weighted by Crippen LogP contribution is -2.36. The Bertz CT molecular complexity index is 636. The number of aromatic nitrogens is 3. The second-order valence-electron chi connectivity index (χ2n) is 6.02. The van der Waals surface area contributed by atoms with Crippen LogP contribution in [0.25, 0.3) is 11.0 Å². The zero-order valence-corrected chi connectivity index (χ0v) is 13.3. The lowest BCUT2D eigenvalue weighted by atomic mass is 9.71. The van der Waals surface area contributed by atoms with Crippen LogP contribution in [0.1, 0.15) is 38.5 Å². The summed E-state index contributed by atoms with van der Waals surface area (Å²) in [5.41, 5.74) is 8.22. The molecule has 4 N–H and O–H groups in total.